The second-order valence-corrected chi connectivity index (χ2v) is 6.75. The topological polar surface area (TPSA) is 63.7 Å². The second-order valence-electron chi connectivity index (χ2n) is 4.81. The molecule has 0 spiro atoms. The van der Waals surface area contributed by atoms with Crippen molar-refractivity contribution in [2.75, 3.05) is 20.2 Å². The first kappa shape index (κ1) is 17.7. The van der Waals surface area contributed by atoms with Gasteiger partial charge in [-0.05, 0) is 30.5 Å². The van der Waals surface area contributed by atoms with Crippen molar-refractivity contribution in [3.05, 3.63) is 29.8 Å². The van der Waals surface area contributed by atoms with Crippen molar-refractivity contribution in [3.63, 3.8) is 0 Å². The quantitative estimate of drug-likeness (QED) is 0.690. The molecule has 0 atom stereocenters. The Hall–Kier alpha value is -1.40. The zero-order valence-electron chi connectivity index (χ0n) is 12.8. The van der Waals surface area contributed by atoms with Crippen LogP contribution in [0, 0.1) is 0 Å². The van der Waals surface area contributed by atoms with Crippen LogP contribution in [0.5, 0.6) is 0 Å². The molecule has 0 heterocycles. The zero-order chi connectivity index (χ0) is 15.9. The van der Waals surface area contributed by atoms with E-state index in [0.29, 0.717) is 6.42 Å². The number of nitrogens with zero attached hydrogens (tertiary/aromatic N) is 1. The van der Waals surface area contributed by atoms with E-state index in [2.05, 4.69) is 11.7 Å². The van der Waals surface area contributed by atoms with Gasteiger partial charge in [0.25, 0.3) is 0 Å². The van der Waals surface area contributed by atoms with E-state index < -0.39 is 16.0 Å². The monoisotopic (exact) mass is 313 g/mol. The van der Waals surface area contributed by atoms with Crippen molar-refractivity contribution >= 4 is 16.0 Å². The molecule has 0 unspecified atom stereocenters. The van der Waals surface area contributed by atoms with Crippen molar-refractivity contribution in [2.24, 2.45) is 0 Å². The molecule has 0 saturated carbocycles. The summed E-state index contributed by atoms with van der Waals surface area (Å²) in [5, 5.41) is 0. The molecule has 1 rings (SSSR count). The molecule has 6 heteroatoms. The zero-order valence-corrected chi connectivity index (χ0v) is 13.6. The lowest BCUT2D eigenvalue weighted by Crippen LogP contribution is -2.36. The average Bonchev–Trinajstić information content (AvgIpc) is 2.47. The van der Waals surface area contributed by atoms with Gasteiger partial charge >= 0.3 is 5.97 Å². The van der Waals surface area contributed by atoms with Crippen molar-refractivity contribution < 1.29 is 17.9 Å². The highest BCUT2D eigenvalue weighted by Crippen LogP contribution is 2.17. The number of hydrogen-bond acceptors (Lipinski definition) is 4. The third-order valence-corrected chi connectivity index (χ3v) is 4.97. The maximum atomic E-state index is 12.6. The molecule has 0 aliphatic heterocycles. The third-order valence-electron chi connectivity index (χ3n) is 3.11. The summed E-state index contributed by atoms with van der Waals surface area (Å²) >= 11 is 0. The number of hydrogen-bond donors (Lipinski definition) is 0. The number of methoxy groups -OCH3 is 1. The molecule has 0 amide bonds. The lowest BCUT2D eigenvalue weighted by atomic mass is 10.1. The summed E-state index contributed by atoms with van der Waals surface area (Å²) in [5.74, 6) is -0.561. The summed E-state index contributed by atoms with van der Waals surface area (Å²) in [5.41, 5.74) is 1.10. The van der Waals surface area contributed by atoms with Gasteiger partial charge < -0.3 is 4.74 Å². The fourth-order valence-corrected chi connectivity index (χ4v) is 3.48. The Kier molecular flexibility index (Phi) is 6.84. The molecule has 0 saturated heterocycles. The molecule has 0 aromatic heterocycles. The molecule has 0 radical (unpaired) electrons. The molecular formula is C15H23NO4S. The third kappa shape index (κ3) is 4.82. The normalized spacial score (nSPS) is 11.6. The van der Waals surface area contributed by atoms with E-state index in [9.17, 15) is 13.2 Å². The van der Waals surface area contributed by atoms with E-state index in [4.69, 9.17) is 0 Å². The molecule has 0 bridgehead atoms. The minimum absolute atomic E-state index is 0.208. The van der Waals surface area contributed by atoms with Crippen LogP contribution in [0.3, 0.4) is 0 Å². The lowest BCUT2D eigenvalue weighted by Gasteiger charge is -2.20. The van der Waals surface area contributed by atoms with Crippen LogP contribution in [-0.2, 0) is 26.0 Å². The van der Waals surface area contributed by atoms with Crippen LogP contribution in [-0.4, -0.2) is 38.9 Å². The number of rotatable bonds is 8. The van der Waals surface area contributed by atoms with E-state index in [1.165, 1.54) is 7.11 Å². The summed E-state index contributed by atoms with van der Waals surface area (Å²) in [7, 11) is -2.42. The van der Waals surface area contributed by atoms with E-state index in [1.54, 1.807) is 12.1 Å². The van der Waals surface area contributed by atoms with Crippen LogP contribution < -0.4 is 0 Å². The fourth-order valence-electron chi connectivity index (χ4n) is 2.01. The minimum Gasteiger partial charge on any atom is -0.468 e. The van der Waals surface area contributed by atoms with E-state index in [0.717, 1.165) is 22.7 Å². The van der Waals surface area contributed by atoms with Crippen molar-refractivity contribution in [2.45, 2.75) is 38.0 Å². The number of sulfonamides is 1. The molecule has 0 fully saturated rings. The van der Waals surface area contributed by atoms with Gasteiger partial charge in [-0.25, -0.2) is 8.42 Å². The SMILES string of the molecule is CCCc1ccc(S(=O)(=O)N(CCC)CC(=O)OC)cc1. The number of carbonyl (C=O) groups excluding carboxylic acids is 1. The first-order valence-electron chi connectivity index (χ1n) is 7.11. The van der Waals surface area contributed by atoms with Gasteiger partial charge in [-0.15, -0.1) is 0 Å². The molecule has 1 aromatic carbocycles. The van der Waals surface area contributed by atoms with Crippen molar-refractivity contribution in [3.8, 4) is 0 Å². The van der Waals surface area contributed by atoms with Crippen molar-refractivity contribution in [1.82, 2.24) is 4.31 Å². The van der Waals surface area contributed by atoms with Gasteiger partial charge in [0.1, 0.15) is 6.54 Å². The highest BCUT2D eigenvalue weighted by Gasteiger charge is 2.26. The minimum atomic E-state index is -3.67. The van der Waals surface area contributed by atoms with Crippen LogP contribution in [0.1, 0.15) is 32.3 Å². The van der Waals surface area contributed by atoms with E-state index in [1.807, 2.05) is 19.1 Å². The Balaban J connectivity index is 3.01. The maximum Gasteiger partial charge on any atom is 0.321 e. The van der Waals surface area contributed by atoms with Gasteiger partial charge in [-0.3, -0.25) is 4.79 Å². The molecule has 0 N–H and O–H groups in total. The second kappa shape index (κ2) is 8.14. The number of esters is 1. The largest absolute Gasteiger partial charge is 0.468 e. The number of ether oxygens (including phenoxy) is 1. The van der Waals surface area contributed by atoms with Crippen molar-refractivity contribution in [1.29, 1.82) is 0 Å². The summed E-state index contributed by atoms with van der Waals surface area (Å²) in [6.07, 6.45) is 2.56. The molecule has 0 aliphatic carbocycles. The van der Waals surface area contributed by atoms with Crippen LogP contribution in [0.4, 0.5) is 0 Å². The van der Waals surface area contributed by atoms with Crippen LogP contribution in [0.15, 0.2) is 29.2 Å². The summed E-state index contributed by atoms with van der Waals surface area (Å²) in [4.78, 5) is 11.6. The van der Waals surface area contributed by atoms with Gasteiger partial charge in [0, 0.05) is 6.54 Å². The Labute approximate surface area is 127 Å². The molecule has 5 nitrogen and oxygen atoms in total. The molecular weight excluding hydrogens is 290 g/mol. The maximum absolute atomic E-state index is 12.6. The highest BCUT2D eigenvalue weighted by molar-refractivity contribution is 7.89. The molecule has 1 aromatic rings. The Morgan fingerprint density at radius 1 is 1.14 bits per heavy atom. The number of carbonyl (C=O) groups is 1. The Morgan fingerprint density at radius 2 is 1.76 bits per heavy atom. The smallest absolute Gasteiger partial charge is 0.321 e. The van der Waals surface area contributed by atoms with Gasteiger partial charge in [0.2, 0.25) is 10.0 Å². The highest BCUT2D eigenvalue weighted by atomic mass is 32.2. The van der Waals surface area contributed by atoms with E-state index >= 15 is 0 Å². The van der Waals surface area contributed by atoms with Gasteiger partial charge in [0.05, 0.1) is 12.0 Å². The molecule has 21 heavy (non-hydrogen) atoms. The summed E-state index contributed by atoms with van der Waals surface area (Å²) in [6, 6.07) is 6.83. The fraction of sp³-hybridized carbons (Fsp3) is 0.533. The van der Waals surface area contributed by atoms with E-state index in [-0.39, 0.29) is 18.0 Å². The Bertz CT molecular complexity index is 552. The molecule has 118 valence electrons. The van der Waals surface area contributed by atoms with Crippen LogP contribution in [0.25, 0.3) is 0 Å². The van der Waals surface area contributed by atoms with Crippen LogP contribution in [0.2, 0.25) is 0 Å². The molecule has 0 aliphatic rings. The predicted octanol–water partition coefficient (Wildman–Crippen LogP) is 2.21. The number of benzene rings is 1. The first-order chi connectivity index (χ1) is 9.95. The van der Waals surface area contributed by atoms with Gasteiger partial charge in [0.15, 0.2) is 0 Å². The predicted molar refractivity (Wildman–Crippen MR) is 81.5 cm³/mol. The van der Waals surface area contributed by atoms with Gasteiger partial charge in [-0.1, -0.05) is 32.4 Å². The average molecular weight is 313 g/mol. The first-order valence-corrected chi connectivity index (χ1v) is 8.55. The summed E-state index contributed by atoms with van der Waals surface area (Å²) in [6.45, 7) is 3.96. The number of aryl methyl sites for hydroxylation is 1. The Morgan fingerprint density at radius 3 is 2.24 bits per heavy atom. The van der Waals surface area contributed by atoms with Gasteiger partial charge in [-0.2, -0.15) is 4.31 Å². The summed E-state index contributed by atoms with van der Waals surface area (Å²) < 4.78 is 30.8. The standard InChI is InChI=1S/C15H23NO4S/c1-4-6-13-7-9-14(10-8-13)21(18,19)16(11-5-2)12-15(17)20-3/h7-10H,4-6,11-12H2,1-3H3. The van der Waals surface area contributed by atoms with Crippen LogP contribution >= 0.6 is 0 Å². The lowest BCUT2D eigenvalue weighted by molar-refractivity contribution is -0.140.